The van der Waals surface area contributed by atoms with Gasteiger partial charge in [-0.25, -0.2) is 13.4 Å². The van der Waals surface area contributed by atoms with Gasteiger partial charge < -0.3 is 10.1 Å². The zero-order chi connectivity index (χ0) is 19.4. The molecule has 1 N–H and O–H groups in total. The molecule has 27 heavy (non-hydrogen) atoms. The first-order chi connectivity index (χ1) is 12.8. The number of halogens is 1. The van der Waals surface area contributed by atoms with Crippen molar-refractivity contribution < 1.29 is 17.9 Å². The summed E-state index contributed by atoms with van der Waals surface area (Å²) in [5.41, 5.74) is 1.35. The Morgan fingerprint density at radius 1 is 1.22 bits per heavy atom. The van der Waals surface area contributed by atoms with Crippen molar-refractivity contribution in [1.29, 1.82) is 0 Å². The van der Waals surface area contributed by atoms with Gasteiger partial charge in [-0.05, 0) is 42.8 Å². The fraction of sp³-hybridized carbons (Fsp3) is 0.222. The summed E-state index contributed by atoms with van der Waals surface area (Å²) >= 11 is 4.58. The first-order valence-electron chi connectivity index (χ1n) is 8.13. The molecule has 142 valence electrons. The Balaban J connectivity index is 1.65. The Morgan fingerprint density at radius 2 is 1.96 bits per heavy atom. The number of thiazole rings is 1. The topological polar surface area (TPSA) is 85.4 Å². The molecule has 2 aromatic carbocycles. The number of nitrogens with zero attached hydrogens (tertiary/aromatic N) is 1. The van der Waals surface area contributed by atoms with E-state index in [9.17, 15) is 13.2 Å². The van der Waals surface area contributed by atoms with E-state index in [0.717, 1.165) is 20.4 Å². The van der Waals surface area contributed by atoms with Gasteiger partial charge in [0.1, 0.15) is 11.5 Å². The standard InChI is InChI=1S/C18H17BrN2O4S2/c1-2-25-14-7-8-15-16(9-14)26-18(20-15)21-17(22)11-27(23,24)10-12-3-5-13(19)6-4-12/h3-9H,2,10-11H2,1H3,(H,20,21,22). The van der Waals surface area contributed by atoms with Gasteiger partial charge in [0.2, 0.25) is 5.91 Å². The van der Waals surface area contributed by atoms with Crippen LogP contribution in [0.1, 0.15) is 12.5 Å². The van der Waals surface area contributed by atoms with Crippen molar-refractivity contribution in [2.75, 3.05) is 17.7 Å². The van der Waals surface area contributed by atoms with Crippen LogP contribution in [0.15, 0.2) is 46.9 Å². The normalized spacial score (nSPS) is 11.5. The third-order valence-electron chi connectivity index (χ3n) is 3.57. The van der Waals surface area contributed by atoms with Crippen LogP contribution in [0.5, 0.6) is 5.75 Å². The molecule has 0 aliphatic rings. The number of fused-ring (bicyclic) bond motifs is 1. The van der Waals surface area contributed by atoms with E-state index >= 15 is 0 Å². The van der Waals surface area contributed by atoms with Gasteiger partial charge in [-0.1, -0.05) is 39.4 Å². The van der Waals surface area contributed by atoms with Crippen LogP contribution in [0.25, 0.3) is 10.2 Å². The molecule has 6 nitrogen and oxygen atoms in total. The Kier molecular flexibility index (Phi) is 6.13. The second kappa shape index (κ2) is 8.37. The monoisotopic (exact) mass is 468 g/mol. The molecule has 3 rings (SSSR count). The highest BCUT2D eigenvalue weighted by molar-refractivity contribution is 9.10. The SMILES string of the molecule is CCOc1ccc2nc(NC(=O)CS(=O)(=O)Cc3ccc(Br)cc3)sc2c1. The predicted molar refractivity (Wildman–Crippen MR) is 111 cm³/mol. The van der Waals surface area contributed by atoms with Crippen LogP contribution in [0, 0.1) is 0 Å². The lowest BCUT2D eigenvalue weighted by molar-refractivity contribution is -0.113. The van der Waals surface area contributed by atoms with E-state index in [1.807, 2.05) is 13.0 Å². The van der Waals surface area contributed by atoms with E-state index in [0.29, 0.717) is 17.3 Å². The summed E-state index contributed by atoms with van der Waals surface area (Å²) in [6.07, 6.45) is 0. The molecule has 0 saturated heterocycles. The minimum Gasteiger partial charge on any atom is -0.494 e. The van der Waals surface area contributed by atoms with E-state index in [4.69, 9.17) is 4.74 Å². The van der Waals surface area contributed by atoms with Crippen molar-refractivity contribution in [3.8, 4) is 5.75 Å². The highest BCUT2D eigenvalue weighted by Gasteiger charge is 2.19. The molecule has 0 saturated carbocycles. The number of hydrogen-bond acceptors (Lipinski definition) is 6. The average Bonchev–Trinajstić information content (AvgIpc) is 2.97. The number of carbonyl (C=O) groups excluding carboxylic acids is 1. The summed E-state index contributed by atoms with van der Waals surface area (Å²) in [7, 11) is -3.58. The smallest absolute Gasteiger partial charge is 0.241 e. The fourth-order valence-electron chi connectivity index (χ4n) is 2.46. The Hall–Kier alpha value is -1.97. The zero-order valence-electron chi connectivity index (χ0n) is 14.4. The average molecular weight is 469 g/mol. The summed E-state index contributed by atoms with van der Waals surface area (Å²) in [4.78, 5) is 16.5. The first-order valence-corrected chi connectivity index (χ1v) is 11.6. The zero-order valence-corrected chi connectivity index (χ0v) is 17.7. The van der Waals surface area contributed by atoms with Crippen LogP contribution in [0.4, 0.5) is 5.13 Å². The van der Waals surface area contributed by atoms with Gasteiger partial charge >= 0.3 is 0 Å². The Bertz CT molecular complexity index is 1060. The lowest BCUT2D eigenvalue weighted by Gasteiger charge is -2.05. The second-order valence-electron chi connectivity index (χ2n) is 5.79. The van der Waals surface area contributed by atoms with Crippen LogP contribution in [-0.2, 0) is 20.4 Å². The molecule has 0 radical (unpaired) electrons. The predicted octanol–water partition coefficient (Wildman–Crippen LogP) is 4.01. The van der Waals surface area contributed by atoms with E-state index in [2.05, 4.69) is 26.2 Å². The van der Waals surface area contributed by atoms with Crippen LogP contribution in [0.2, 0.25) is 0 Å². The maximum atomic E-state index is 12.3. The molecule has 0 aliphatic carbocycles. The Labute approximate surface area is 169 Å². The number of benzene rings is 2. The molecule has 9 heteroatoms. The molecular weight excluding hydrogens is 452 g/mol. The van der Waals surface area contributed by atoms with E-state index in [1.165, 1.54) is 11.3 Å². The van der Waals surface area contributed by atoms with Crippen molar-refractivity contribution in [3.05, 3.63) is 52.5 Å². The Morgan fingerprint density at radius 3 is 2.67 bits per heavy atom. The van der Waals surface area contributed by atoms with Gasteiger partial charge in [0.05, 0.1) is 22.6 Å². The summed E-state index contributed by atoms with van der Waals surface area (Å²) in [5, 5.41) is 2.94. The highest BCUT2D eigenvalue weighted by Crippen LogP contribution is 2.29. The molecule has 0 aliphatic heterocycles. The molecule has 3 aromatic rings. The van der Waals surface area contributed by atoms with E-state index < -0.39 is 21.5 Å². The highest BCUT2D eigenvalue weighted by atomic mass is 79.9. The quantitative estimate of drug-likeness (QED) is 0.565. The second-order valence-corrected chi connectivity index (χ2v) is 9.80. The lowest BCUT2D eigenvalue weighted by Crippen LogP contribution is -2.23. The fourth-order valence-corrected chi connectivity index (χ4v) is 4.90. The van der Waals surface area contributed by atoms with Crippen molar-refractivity contribution in [2.24, 2.45) is 0 Å². The minimum absolute atomic E-state index is 0.189. The van der Waals surface area contributed by atoms with Crippen molar-refractivity contribution in [2.45, 2.75) is 12.7 Å². The number of aromatic nitrogens is 1. The van der Waals surface area contributed by atoms with Gasteiger partial charge in [-0.3, -0.25) is 4.79 Å². The molecule has 0 unspecified atom stereocenters. The number of anilines is 1. The molecular formula is C18H17BrN2O4S2. The third-order valence-corrected chi connectivity index (χ3v) is 6.51. The first kappa shape index (κ1) is 19.8. The number of sulfone groups is 1. The van der Waals surface area contributed by atoms with E-state index in [1.54, 1.807) is 36.4 Å². The van der Waals surface area contributed by atoms with Gasteiger partial charge in [0.15, 0.2) is 15.0 Å². The lowest BCUT2D eigenvalue weighted by atomic mass is 10.2. The summed E-state index contributed by atoms with van der Waals surface area (Å²) in [5.74, 6) is -0.658. The number of hydrogen-bond donors (Lipinski definition) is 1. The third kappa shape index (κ3) is 5.50. The molecule has 0 atom stereocenters. The molecule has 1 aromatic heterocycles. The molecule has 0 bridgehead atoms. The van der Waals surface area contributed by atoms with Gasteiger partial charge in [-0.2, -0.15) is 0 Å². The van der Waals surface area contributed by atoms with Crippen molar-refractivity contribution in [1.82, 2.24) is 4.98 Å². The number of rotatable bonds is 7. The molecule has 0 fully saturated rings. The van der Waals surface area contributed by atoms with Crippen LogP contribution >= 0.6 is 27.3 Å². The van der Waals surface area contributed by atoms with Crippen LogP contribution < -0.4 is 10.1 Å². The molecule has 0 spiro atoms. The van der Waals surface area contributed by atoms with Crippen LogP contribution in [0.3, 0.4) is 0 Å². The maximum absolute atomic E-state index is 12.3. The van der Waals surface area contributed by atoms with Crippen molar-refractivity contribution >= 4 is 58.4 Å². The van der Waals surface area contributed by atoms with Gasteiger partial charge in [-0.15, -0.1) is 0 Å². The molecule has 1 amide bonds. The summed E-state index contributed by atoms with van der Waals surface area (Å²) < 4.78 is 31.7. The molecule has 1 heterocycles. The van der Waals surface area contributed by atoms with Gasteiger partial charge in [0, 0.05) is 4.47 Å². The summed E-state index contributed by atoms with van der Waals surface area (Å²) in [6, 6.07) is 12.4. The number of carbonyl (C=O) groups is 1. The minimum atomic E-state index is -3.58. The maximum Gasteiger partial charge on any atom is 0.241 e. The largest absolute Gasteiger partial charge is 0.494 e. The van der Waals surface area contributed by atoms with Gasteiger partial charge in [0.25, 0.3) is 0 Å². The van der Waals surface area contributed by atoms with Crippen molar-refractivity contribution in [3.63, 3.8) is 0 Å². The van der Waals surface area contributed by atoms with Crippen LogP contribution in [-0.4, -0.2) is 31.7 Å². The summed E-state index contributed by atoms with van der Waals surface area (Å²) in [6.45, 7) is 2.46. The van der Waals surface area contributed by atoms with E-state index in [-0.39, 0.29) is 5.75 Å². The number of amides is 1. The number of nitrogens with one attached hydrogen (secondary N) is 1. The number of ether oxygens (including phenoxy) is 1.